The lowest BCUT2D eigenvalue weighted by Gasteiger charge is -2.30. The third kappa shape index (κ3) is 5.16. The maximum absolute atomic E-state index is 11.0. The Bertz CT molecular complexity index is 580. The number of hydrogen-bond acceptors (Lipinski definition) is 2. The average molecular weight is 370 g/mol. The lowest BCUT2D eigenvalue weighted by Crippen LogP contribution is -2.32. The van der Waals surface area contributed by atoms with Crippen molar-refractivity contribution in [3.8, 4) is 0 Å². The highest BCUT2D eigenvalue weighted by Gasteiger charge is 2.36. The van der Waals surface area contributed by atoms with Crippen LogP contribution in [0.5, 0.6) is 0 Å². The third-order valence-corrected chi connectivity index (χ3v) is 8.12. The molecule has 2 saturated carbocycles. The second-order valence-electron chi connectivity index (χ2n) is 7.38. The minimum Gasteiger partial charge on any atom is -0.393 e. The average Bonchev–Trinajstić information content (AvgIpc) is 3.38. The van der Waals surface area contributed by atoms with Crippen LogP contribution in [0.1, 0.15) is 51.4 Å². The van der Waals surface area contributed by atoms with Crippen molar-refractivity contribution in [2.75, 3.05) is 0 Å². The summed E-state index contributed by atoms with van der Waals surface area (Å²) in [5, 5.41) is 23.5. The molecule has 3 atom stereocenters. The van der Waals surface area contributed by atoms with Gasteiger partial charge in [-0.2, -0.15) is 0 Å². The molecule has 0 spiro atoms. The minimum absolute atomic E-state index is 0.00322. The van der Waals surface area contributed by atoms with Gasteiger partial charge in [0.1, 0.15) is 0 Å². The zero-order valence-corrected chi connectivity index (χ0v) is 16.4. The molecule has 3 heteroatoms. The molecule has 0 saturated heterocycles. The van der Waals surface area contributed by atoms with Gasteiger partial charge in [-0.3, -0.25) is 0 Å². The zero-order chi connectivity index (χ0) is 18.2. The van der Waals surface area contributed by atoms with Crippen molar-refractivity contribution in [2.45, 2.75) is 63.3 Å². The Morgan fingerprint density at radius 3 is 1.54 bits per heavy atom. The van der Waals surface area contributed by atoms with E-state index in [9.17, 15) is 10.2 Å². The minimum atomic E-state index is -0.854. The SMILES string of the molecule is C1CCCC1.OC1CCCC1C(O)P(c1ccccc1)c1ccccc1. The van der Waals surface area contributed by atoms with Gasteiger partial charge in [-0.05, 0) is 31.4 Å². The molecule has 2 aromatic rings. The topological polar surface area (TPSA) is 40.5 Å². The van der Waals surface area contributed by atoms with Crippen LogP contribution in [0.15, 0.2) is 60.7 Å². The molecule has 2 aliphatic carbocycles. The number of aliphatic hydroxyl groups is 2. The monoisotopic (exact) mass is 370 g/mol. The fourth-order valence-electron chi connectivity index (χ4n) is 4.02. The smallest absolute Gasteiger partial charge is 0.0866 e. The van der Waals surface area contributed by atoms with Gasteiger partial charge in [-0.25, -0.2) is 0 Å². The van der Waals surface area contributed by atoms with Crippen LogP contribution >= 0.6 is 7.92 Å². The Hall–Kier alpha value is -1.21. The van der Waals surface area contributed by atoms with Crippen molar-refractivity contribution in [2.24, 2.45) is 5.92 Å². The van der Waals surface area contributed by atoms with Crippen molar-refractivity contribution < 1.29 is 10.2 Å². The fraction of sp³-hybridized carbons (Fsp3) is 0.478. The van der Waals surface area contributed by atoms with Gasteiger partial charge in [-0.15, -0.1) is 0 Å². The molecule has 2 aromatic carbocycles. The van der Waals surface area contributed by atoms with E-state index in [2.05, 4.69) is 24.3 Å². The first-order valence-corrected chi connectivity index (χ1v) is 11.4. The third-order valence-electron chi connectivity index (χ3n) is 5.50. The lowest BCUT2D eigenvalue weighted by atomic mass is 10.1. The molecule has 2 nitrogen and oxygen atoms in total. The van der Waals surface area contributed by atoms with Crippen LogP contribution in [0.25, 0.3) is 0 Å². The first-order valence-electron chi connectivity index (χ1n) is 10.0. The Kier molecular flexibility index (Phi) is 7.68. The molecule has 0 amide bonds. The highest BCUT2D eigenvalue weighted by molar-refractivity contribution is 7.73. The van der Waals surface area contributed by atoms with E-state index in [1.54, 1.807) is 0 Å². The Morgan fingerprint density at radius 1 is 0.692 bits per heavy atom. The van der Waals surface area contributed by atoms with Crippen molar-refractivity contribution in [1.29, 1.82) is 0 Å². The summed E-state index contributed by atoms with van der Waals surface area (Å²) in [5.74, 6) is -0.487. The first-order chi connectivity index (χ1) is 12.8. The Labute approximate surface area is 159 Å². The van der Waals surface area contributed by atoms with Crippen LogP contribution in [0, 0.1) is 5.92 Å². The largest absolute Gasteiger partial charge is 0.393 e. The molecule has 26 heavy (non-hydrogen) atoms. The summed E-state index contributed by atoms with van der Waals surface area (Å²) in [4.78, 5) is 0. The maximum atomic E-state index is 11.0. The molecule has 3 unspecified atom stereocenters. The molecule has 2 N–H and O–H groups in total. The van der Waals surface area contributed by atoms with Crippen LogP contribution in [0.2, 0.25) is 0 Å². The van der Waals surface area contributed by atoms with E-state index in [1.165, 1.54) is 42.7 Å². The van der Waals surface area contributed by atoms with Crippen LogP contribution in [0.4, 0.5) is 0 Å². The van der Waals surface area contributed by atoms with Gasteiger partial charge < -0.3 is 10.2 Å². The summed E-state index contributed by atoms with van der Waals surface area (Å²) in [6, 6.07) is 20.4. The van der Waals surface area contributed by atoms with Crippen LogP contribution in [0.3, 0.4) is 0 Å². The van der Waals surface area contributed by atoms with E-state index < -0.39 is 13.8 Å². The fourth-order valence-corrected chi connectivity index (χ4v) is 6.65. The van der Waals surface area contributed by atoms with Crippen molar-refractivity contribution >= 4 is 18.5 Å². The van der Waals surface area contributed by atoms with E-state index in [0.717, 1.165) is 19.3 Å². The van der Waals surface area contributed by atoms with Crippen LogP contribution < -0.4 is 10.6 Å². The molecule has 0 aliphatic heterocycles. The zero-order valence-electron chi connectivity index (χ0n) is 15.5. The maximum Gasteiger partial charge on any atom is 0.0866 e. The van der Waals surface area contributed by atoms with Gasteiger partial charge in [0.25, 0.3) is 0 Å². The van der Waals surface area contributed by atoms with E-state index >= 15 is 0 Å². The predicted octanol–water partition coefficient (Wildman–Crippen LogP) is 4.55. The summed E-state index contributed by atoms with van der Waals surface area (Å²) in [6.45, 7) is 0. The van der Waals surface area contributed by atoms with Gasteiger partial charge in [0.05, 0.1) is 11.9 Å². The van der Waals surface area contributed by atoms with Gasteiger partial charge in [-0.1, -0.05) is 99.2 Å². The Morgan fingerprint density at radius 2 is 1.15 bits per heavy atom. The van der Waals surface area contributed by atoms with Crippen molar-refractivity contribution in [1.82, 2.24) is 0 Å². The molecule has 0 aromatic heterocycles. The van der Waals surface area contributed by atoms with Gasteiger partial charge in [0.2, 0.25) is 0 Å². The molecule has 4 rings (SSSR count). The molecule has 0 bridgehead atoms. The number of hydrogen-bond donors (Lipinski definition) is 2. The predicted molar refractivity (Wildman–Crippen MR) is 112 cm³/mol. The standard InChI is InChI=1S/C18H21O2P.C5H10/c19-17-13-7-12-16(17)18(20)21(14-8-3-1-4-9-14)15-10-5-2-6-11-15;1-2-4-5-3-1/h1-6,8-11,16-20H,7,12-13H2;1-5H2. The molecular formula is C23H31O2P. The highest BCUT2D eigenvalue weighted by atomic mass is 31.1. The van der Waals surface area contributed by atoms with E-state index in [-0.39, 0.29) is 12.0 Å². The summed E-state index contributed by atoms with van der Waals surface area (Å²) in [5.41, 5.74) is 0. The molecular weight excluding hydrogens is 339 g/mol. The van der Waals surface area contributed by atoms with E-state index in [4.69, 9.17) is 0 Å². The number of aliphatic hydroxyl groups excluding tert-OH is 2. The van der Waals surface area contributed by atoms with Crippen LogP contribution in [-0.2, 0) is 0 Å². The highest BCUT2D eigenvalue weighted by Crippen LogP contribution is 2.46. The summed E-state index contributed by atoms with van der Waals surface area (Å²) >= 11 is 0. The molecule has 0 radical (unpaired) electrons. The summed E-state index contributed by atoms with van der Waals surface area (Å²) in [7, 11) is -0.854. The number of benzene rings is 2. The normalized spacial score (nSPS) is 23.5. The van der Waals surface area contributed by atoms with E-state index in [0.29, 0.717) is 0 Å². The van der Waals surface area contributed by atoms with Gasteiger partial charge >= 0.3 is 0 Å². The van der Waals surface area contributed by atoms with Crippen LogP contribution in [-0.4, -0.2) is 22.2 Å². The number of rotatable bonds is 4. The molecule has 2 fully saturated rings. The summed E-state index contributed by atoms with van der Waals surface area (Å²) in [6.07, 6.45) is 9.88. The quantitative estimate of drug-likeness (QED) is 0.775. The Balaban J connectivity index is 0.000000339. The molecule has 140 valence electrons. The van der Waals surface area contributed by atoms with Crippen molar-refractivity contribution in [3.63, 3.8) is 0 Å². The van der Waals surface area contributed by atoms with Gasteiger partial charge in [0, 0.05) is 5.92 Å². The van der Waals surface area contributed by atoms with Crippen molar-refractivity contribution in [3.05, 3.63) is 60.7 Å². The van der Waals surface area contributed by atoms with Gasteiger partial charge in [0.15, 0.2) is 0 Å². The van der Waals surface area contributed by atoms with E-state index in [1.807, 2.05) is 36.4 Å². The first kappa shape index (κ1) is 19.5. The molecule has 2 aliphatic rings. The summed E-state index contributed by atoms with van der Waals surface area (Å²) < 4.78 is 0. The molecule has 0 heterocycles. The second kappa shape index (κ2) is 10.2. The lowest BCUT2D eigenvalue weighted by molar-refractivity contribution is 0.0737. The second-order valence-corrected chi connectivity index (χ2v) is 9.69.